The summed E-state index contributed by atoms with van der Waals surface area (Å²) in [4.78, 5) is 30.7. The van der Waals surface area contributed by atoms with E-state index in [0.29, 0.717) is 10.6 Å². The molecule has 1 atom stereocenters. The number of likely N-dealkylation sites (N-methyl/N-ethyl adjacent to an activating group) is 1. The Morgan fingerprint density at radius 3 is 2.58 bits per heavy atom. The summed E-state index contributed by atoms with van der Waals surface area (Å²) in [7, 11) is 1.72. The minimum Gasteiger partial charge on any atom is -0.343 e. The molecule has 0 aliphatic heterocycles. The van der Waals surface area contributed by atoms with Crippen LogP contribution in [-0.2, 0) is 4.79 Å². The zero-order valence-corrected chi connectivity index (χ0v) is 16.0. The fourth-order valence-electron chi connectivity index (χ4n) is 2.43. The van der Waals surface area contributed by atoms with Gasteiger partial charge in [0.1, 0.15) is 5.01 Å². The molecule has 7 heteroatoms. The third kappa shape index (κ3) is 4.03. The van der Waals surface area contributed by atoms with Gasteiger partial charge in [0.15, 0.2) is 0 Å². The third-order valence-corrected chi connectivity index (χ3v) is 5.61. The van der Waals surface area contributed by atoms with E-state index in [9.17, 15) is 9.59 Å². The van der Waals surface area contributed by atoms with E-state index in [1.165, 1.54) is 0 Å². The highest BCUT2D eigenvalue weighted by molar-refractivity contribution is 7.18. The Bertz CT molecular complexity index is 906. The van der Waals surface area contributed by atoms with E-state index in [4.69, 9.17) is 11.6 Å². The number of amides is 2. The van der Waals surface area contributed by atoms with E-state index in [-0.39, 0.29) is 24.4 Å². The zero-order valence-electron chi connectivity index (χ0n) is 14.4. The van der Waals surface area contributed by atoms with Crippen LogP contribution >= 0.6 is 22.9 Å². The number of fused-ring (bicyclic) bond motifs is 1. The van der Waals surface area contributed by atoms with Gasteiger partial charge in [-0.05, 0) is 43.3 Å². The van der Waals surface area contributed by atoms with Gasteiger partial charge in [-0.3, -0.25) is 9.59 Å². The Hall–Kier alpha value is -2.44. The van der Waals surface area contributed by atoms with Gasteiger partial charge in [0, 0.05) is 17.6 Å². The predicted octanol–water partition coefficient (Wildman–Crippen LogP) is 3.90. The van der Waals surface area contributed by atoms with E-state index in [1.807, 2.05) is 31.2 Å². The molecule has 26 heavy (non-hydrogen) atoms. The van der Waals surface area contributed by atoms with Gasteiger partial charge in [-0.2, -0.15) is 0 Å². The lowest BCUT2D eigenvalue weighted by atomic mass is 10.2. The smallest absolute Gasteiger partial charge is 0.251 e. The average molecular weight is 388 g/mol. The molecule has 1 aromatic heterocycles. The standard InChI is InChI=1S/C19H18ClN3O2S/c1-12(19-22-15-5-3-4-6-16(15)26-19)23(2)17(24)11-21-18(25)13-7-9-14(20)10-8-13/h3-10,12H,11H2,1-2H3,(H,21,25)/t12-/m1/s1. The SMILES string of the molecule is C[C@H](c1nc2ccccc2s1)N(C)C(=O)CNC(=O)c1ccc(Cl)cc1. The largest absolute Gasteiger partial charge is 0.343 e. The summed E-state index contributed by atoms with van der Waals surface area (Å²) in [6, 6.07) is 14.2. The fourth-order valence-corrected chi connectivity index (χ4v) is 3.62. The lowest BCUT2D eigenvalue weighted by Crippen LogP contribution is -2.39. The maximum atomic E-state index is 12.4. The van der Waals surface area contributed by atoms with Crippen LogP contribution in [0.5, 0.6) is 0 Å². The van der Waals surface area contributed by atoms with Crippen molar-refractivity contribution in [3.8, 4) is 0 Å². The molecule has 0 bridgehead atoms. The Morgan fingerprint density at radius 2 is 1.88 bits per heavy atom. The molecule has 134 valence electrons. The Labute approximate surface area is 160 Å². The molecule has 1 heterocycles. The Kier molecular flexibility index (Phi) is 5.54. The Balaban J connectivity index is 1.61. The van der Waals surface area contributed by atoms with E-state index in [1.54, 1.807) is 47.5 Å². The molecule has 5 nitrogen and oxygen atoms in total. The molecule has 2 aromatic carbocycles. The number of rotatable bonds is 5. The van der Waals surface area contributed by atoms with Gasteiger partial charge in [0.25, 0.3) is 5.91 Å². The van der Waals surface area contributed by atoms with Crippen LogP contribution in [0.15, 0.2) is 48.5 Å². The second kappa shape index (κ2) is 7.85. The van der Waals surface area contributed by atoms with Crippen LogP contribution in [0.4, 0.5) is 0 Å². The molecule has 0 aliphatic carbocycles. The first kappa shape index (κ1) is 18.4. The zero-order chi connectivity index (χ0) is 18.7. The molecule has 0 saturated heterocycles. The average Bonchev–Trinajstić information content (AvgIpc) is 3.09. The van der Waals surface area contributed by atoms with Crippen LogP contribution in [0.3, 0.4) is 0 Å². The molecule has 0 fully saturated rings. The maximum Gasteiger partial charge on any atom is 0.251 e. The summed E-state index contributed by atoms with van der Waals surface area (Å²) < 4.78 is 1.09. The molecule has 0 aliphatic rings. The summed E-state index contributed by atoms with van der Waals surface area (Å²) in [6.45, 7) is 1.85. The number of aromatic nitrogens is 1. The first-order valence-electron chi connectivity index (χ1n) is 8.10. The molecule has 3 rings (SSSR count). The third-order valence-electron chi connectivity index (χ3n) is 4.15. The first-order chi connectivity index (χ1) is 12.5. The highest BCUT2D eigenvalue weighted by Crippen LogP contribution is 2.28. The van der Waals surface area contributed by atoms with Crippen molar-refractivity contribution in [1.29, 1.82) is 0 Å². The van der Waals surface area contributed by atoms with Gasteiger partial charge in [-0.15, -0.1) is 11.3 Å². The molecule has 0 spiro atoms. The van der Waals surface area contributed by atoms with Crippen LogP contribution in [0.25, 0.3) is 10.2 Å². The minimum atomic E-state index is -0.309. The van der Waals surface area contributed by atoms with Crippen LogP contribution < -0.4 is 5.32 Å². The molecule has 2 amide bonds. The van der Waals surface area contributed by atoms with E-state index in [0.717, 1.165) is 15.2 Å². The quantitative estimate of drug-likeness (QED) is 0.722. The number of carbonyl (C=O) groups is 2. The molecule has 0 saturated carbocycles. The van der Waals surface area contributed by atoms with Crippen molar-refractivity contribution >= 4 is 45.0 Å². The molecule has 0 unspecified atom stereocenters. The van der Waals surface area contributed by atoms with Gasteiger partial charge in [0.05, 0.1) is 22.8 Å². The van der Waals surface area contributed by atoms with Crippen LogP contribution in [-0.4, -0.2) is 35.3 Å². The topological polar surface area (TPSA) is 62.3 Å². The van der Waals surface area contributed by atoms with Crippen LogP contribution in [0, 0.1) is 0 Å². The van der Waals surface area contributed by atoms with Gasteiger partial charge >= 0.3 is 0 Å². The molecular weight excluding hydrogens is 370 g/mol. The van der Waals surface area contributed by atoms with Crippen molar-refractivity contribution in [1.82, 2.24) is 15.2 Å². The molecule has 3 aromatic rings. The number of para-hydroxylation sites is 1. The molecule has 1 N–H and O–H groups in total. The lowest BCUT2D eigenvalue weighted by molar-refractivity contribution is -0.130. The number of hydrogen-bond acceptors (Lipinski definition) is 4. The maximum absolute atomic E-state index is 12.4. The lowest BCUT2D eigenvalue weighted by Gasteiger charge is -2.23. The van der Waals surface area contributed by atoms with Gasteiger partial charge in [-0.25, -0.2) is 4.98 Å². The number of halogens is 1. The summed E-state index contributed by atoms with van der Waals surface area (Å²) in [5.41, 5.74) is 1.39. The van der Waals surface area contributed by atoms with Crippen molar-refractivity contribution in [3.05, 3.63) is 64.1 Å². The first-order valence-corrected chi connectivity index (χ1v) is 9.30. The van der Waals surface area contributed by atoms with Gasteiger partial charge in [0.2, 0.25) is 5.91 Å². The highest BCUT2D eigenvalue weighted by Gasteiger charge is 2.21. The monoisotopic (exact) mass is 387 g/mol. The summed E-state index contributed by atoms with van der Waals surface area (Å²) >= 11 is 7.38. The second-order valence-electron chi connectivity index (χ2n) is 5.89. The second-order valence-corrected chi connectivity index (χ2v) is 7.39. The normalized spacial score (nSPS) is 12.0. The van der Waals surface area contributed by atoms with Gasteiger partial charge in [-0.1, -0.05) is 23.7 Å². The van der Waals surface area contributed by atoms with E-state index < -0.39 is 0 Å². The van der Waals surface area contributed by atoms with Crippen molar-refractivity contribution < 1.29 is 9.59 Å². The number of nitrogens with one attached hydrogen (secondary N) is 1. The fraction of sp³-hybridized carbons (Fsp3) is 0.211. The molecule has 0 radical (unpaired) electrons. The van der Waals surface area contributed by atoms with Crippen molar-refractivity contribution in [2.75, 3.05) is 13.6 Å². The van der Waals surface area contributed by atoms with Crippen molar-refractivity contribution in [2.45, 2.75) is 13.0 Å². The van der Waals surface area contributed by atoms with E-state index in [2.05, 4.69) is 10.3 Å². The van der Waals surface area contributed by atoms with Crippen molar-refractivity contribution in [3.63, 3.8) is 0 Å². The number of hydrogen-bond donors (Lipinski definition) is 1. The summed E-state index contributed by atoms with van der Waals surface area (Å²) in [5, 5.41) is 4.07. The number of nitrogens with zero attached hydrogens (tertiary/aromatic N) is 2. The summed E-state index contributed by atoms with van der Waals surface area (Å²) in [6.07, 6.45) is 0. The number of benzene rings is 2. The van der Waals surface area contributed by atoms with E-state index >= 15 is 0 Å². The van der Waals surface area contributed by atoms with Crippen LogP contribution in [0.1, 0.15) is 28.3 Å². The van der Waals surface area contributed by atoms with Gasteiger partial charge < -0.3 is 10.2 Å². The van der Waals surface area contributed by atoms with Crippen molar-refractivity contribution in [2.24, 2.45) is 0 Å². The molecular formula is C19H18ClN3O2S. The van der Waals surface area contributed by atoms with Crippen LogP contribution in [0.2, 0.25) is 5.02 Å². The number of carbonyl (C=O) groups excluding carboxylic acids is 2. The predicted molar refractivity (Wildman–Crippen MR) is 105 cm³/mol. The minimum absolute atomic E-state index is 0.0762. The summed E-state index contributed by atoms with van der Waals surface area (Å²) in [5.74, 6) is -0.491. The number of thiazole rings is 1. The Morgan fingerprint density at radius 1 is 1.19 bits per heavy atom. The highest BCUT2D eigenvalue weighted by atomic mass is 35.5.